The van der Waals surface area contributed by atoms with E-state index in [0.717, 1.165) is 59.5 Å². The van der Waals surface area contributed by atoms with E-state index >= 15 is 0 Å². The van der Waals surface area contributed by atoms with Gasteiger partial charge in [0.05, 0.1) is 13.7 Å². The summed E-state index contributed by atoms with van der Waals surface area (Å²) in [6.45, 7) is 2.98. The van der Waals surface area contributed by atoms with Gasteiger partial charge in [0.2, 0.25) is 0 Å². The third-order valence-electron chi connectivity index (χ3n) is 5.12. The molecule has 0 bridgehead atoms. The number of benzene rings is 1. The summed E-state index contributed by atoms with van der Waals surface area (Å²) < 4.78 is 13.9. The Labute approximate surface area is 155 Å². The van der Waals surface area contributed by atoms with Crippen molar-refractivity contribution in [2.24, 2.45) is 7.05 Å². The third-order valence-corrected chi connectivity index (χ3v) is 5.12. The zero-order valence-electron chi connectivity index (χ0n) is 15.5. The molecular weight excluding hydrogens is 348 g/mol. The van der Waals surface area contributed by atoms with Crippen molar-refractivity contribution in [3.63, 3.8) is 0 Å². The fourth-order valence-corrected chi connectivity index (χ4v) is 3.62. The largest absolute Gasteiger partial charge is 0.493 e. The number of aryl methyl sites for hydroxylation is 1. The summed E-state index contributed by atoms with van der Waals surface area (Å²) in [4.78, 5) is 25.7. The van der Waals surface area contributed by atoms with Crippen molar-refractivity contribution in [3.8, 4) is 5.75 Å². The van der Waals surface area contributed by atoms with Crippen molar-refractivity contribution in [3.05, 3.63) is 56.6 Å². The van der Waals surface area contributed by atoms with Gasteiger partial charge in [0.1, 0.15) is 12.0 Å². The molecule has 0 unspecified atom stereocenters. The predicted octanol–water partition coefficient (Wildman–Crippen LogP) is 1.15. The van der Waals surface area contributed by atoms with Gasteiger partial charge in [0.25, 0.3) is 5.56 Å². The normalized spacial score (nSPS) is 14.4. The summed E-state index contributed by atoms with van der Waals surface area (Å²) in [6.07, 6.45) is 2.87. The first kappa shape index (κ1) is 17.5. The van der Waals surface area contributed by atoms with Crippen LogP contribution >= 0.6 is 0 Å². The lowest BCUT2D eigenvalue weighted by Gasteiger charge is -2.25. The summed E-state index contributed by atoms with van der Waals surface area (Å²) in [5.74, 6) is 1.74. The van der Waals surface area contributed by atoms with Gasteiger partial charge in [-0.15, -0.1) is 0 Å². The number of nitrogens with zero attached hydrogens (tertiary/aromatic N) is 4. The zero-order valence-corrected chi connectivity index (χ0v) is 15.5. The van der Waals surface area contributed by atoms with E-state index in [0.29, 0.717) is 6.54 Å². The van der Waals surface area contributed by atoms with Gasteiger partial charge in [-0.2, -0.15) is 5.10 Å². The molecule has 8 nitrogen and oxygen atoms in total. The van der Waals surface area contributed by atoms with Crippen LogP contribution in [0.15, 0.2) is 38.4 Å². The van der Waals surface area contributed by atoms with Gasteiger partial charge in [0, 0.05) is 37.6 Å². The number of methoxy groups -OCH3 is 1. The van der Waals surface area contributed by atoms with Crippen LogP contribution in [-0.2, 0) is 26.6 Å². The average Bonchev–Trinajstić information content (AvgIpc) is 3.06. The number of rotatable bonds is 5. The van der Waals surface area contributed by atoms with E-state index < -0.39 is 0 Å². The fourth-order valence-electron chi connectivity index (χ4n) is 3.62. The molecule has 0 N–H and O–H groups in total. The summed E-state index contributed by atoms with van der Waals surface area (Å²) in [5, 5.41) is 5.05. The van der Waals surface area contributed by atoms with E-state index in [4.69, 9.17) is 9.15 Å². The molecule has 3 aromatic rings. The quantitative estimate of drug-likeness (QED) is 0.670. The van der Waals surface area contributed by atoms with Gasteiger partial charge in [-0.3, -0.25) is 14.3 Å². The smallest absolute Gasteiger partial charge is 0.347 e. The van der Waals surface area contributed by atoms with Gasteiger partial charge in [-0.05, 0) is 18.9 Å². The minimum absolute atomic E-state index is 0.382. The topological polar surface area (TPSA) is 82.5 Å². The maximum absolute atomic E-state index is 12.0. The van der Waals surface area contributed by atoms with Crippen LogP contribution in [0.3, 0.4) is 0 Å². The molecular formula is C19H22N4O4. The molecule has 4 rings (SSSR count). The van der Waals surface area contributed by atoms with Crippen LogP contribution in [0.25, 0.3) is 11.0 Å². The summed E-state index contributed by atoms with van der Waals surface area (Å²) in [5.41, 5.74) is 1.30. The molecule has 0 fully saturated rings. The highest BCUT2D eigenvalue weighted by molar-refractivity contribution is 5.87. The average molecular weight is 370 g/mol. The first-order chi connectivity index (χ1) is 13.1. The predicted molar refractivity (Wildman–Crippen MR) is 100 cm³/mol. The van der Waals surface area contributed by atoms with Crippen LogP contribution in [0.4, 0.5) is 0 Å². The maximum atomic E-state index is 12.0. The van der Waals surface area contributed by atoms with Gasteiger partial charge in [-0.1, -0.05) is 12.1 Å². The van der Waals surface area contributed by atoms with E-state index in [1.807, 2.05) is 12.1 Å². The standard InChI is InChI=1S/C19H22N4O4/c1-21-17(24)11-20-23(19(21)25)9-4-8-22-10-7-13-14-5-3-6-15(26-2)18(14)27-16(13)12-22/h3,5-6,11H,4,7-10,12H2,1-2H3. The summed E-state index contributed by atoms with van der Waals surface area (Å²) >= 11 is 0. The second-order valence-corrected chi connectivity index (χ2v) is 6.77. The van der Waals surface area contributed by atoms with E-state index in [1.165, 1.54) is 23.5 Å². The Balaban J connectivity index is 1.44. The van der Waals surface area contributed by atoms with Crippen molar-refractivity contribution < 1.29 is 9.15 Å². The molecule has 0 aliphatic carbocycles. The second kappa shape index (κ2) is 7.03. The summed E-state index contributed by atoms with van der Waals surface area (Å²) in [7, 11) is 3.11. The Morgan fingerprint density at radius 2 is 2.11 bits per heavy atom. The minimum Gasteiger partial charge on any atom is -0.493 e. The number of furan rings is 1. The van der Waals surface area contributed by atoms with Crippen molar-refractivity contribution in [1.82, 2.24) is 19.2 Å². The number of hydrogen-bond donors (Lipinski definition) is 0. The number of ether oxygens (including phenoxy) is 1. The van der Waals surface area contributed by atoms with E-state index in [2.05, 4.69) is 16.1 Å². The van der Waals surface area contributed by atoms with Crippen LogP contribution in [0.2, 0.25) is 0 Å². The molecule has 3 heterocycles. The first-order valence-corrected chi connectivity index (χ1v) is 9.01. The zero-order chi connectivity index (χ0) is 19.0. The monoisotopic (exact) mass is 370 g/mol. The number of aromatic nitrogens is 3. The Morgan fingerprint density at radius 3 is 2.93 bits per heavy atom. The molecule has 0 amide bonds. The third kappa shape index (κ3) is 3.16. The maximum Gasteiger partial charge on any atom is 0.347 e. The lowest BCUT2D eigenvalue weighted by atomic mass is 10.0. The Hall–Kier alpha value is -2.87. The molecule has 0 spiro atoms. The molecule has 1 aliphatic heterocycles. The van der Waals surface area contributed by atoms with Gasteiger partial charge in [-0.25, -0.2) is 9.48 Å². The van der Waals surface area contributed by atoms with Crippen LogP contribution < -0.4 is 16.0 Å². The molecule has 142 valence electrons. The van der Waals surface area contributed by atoms with E-state index in [9.17, 15) is 9.59 Å². The SMILES string of the molecule is COc1cccc2c3c(oc12)CN(CCCn1ncc(=O)n(C)c1=O)CC3. The van der Waals surface area contributed by atoms with Crippen LogP contribution in [0.5, 0.6) is 5.75 Å². The molecule has 0 saturated carbocycles. The minimum atomic E-state index is -0.389. The Kier molecular flexibility index (Phi) is 4.57. The van der Waals surface area contributed by atoms with Crippen LogP contribution in [0, 0.1) is 0 Å². The van der Waals surface area contributed by atoms with Crippen LogP contribution in [-0.4, -0.2) is 39.4 Å². The van der Waals surface area contributed by atoms with Crippen LogP contribution in [0.1, 0.15) is 17.7 Å². The van der Waals surface area contributed by atoms with Crippen molar-refractivity contribution in [2.75, 3.05) is 20.2 Å². The van der Waals surface area contributed by atoms with Crippen molar-refractivity contribution in [1.29, 1.82) is 0 Å². The lowest BCUT2D eigenvalue weighted by molar-refractivity contribution is 0.223. The molecule has 0 radical (unpaired) electrons. The molecule has 27 heavy (non-hydrogen) atoms. The lowest BCUT2D eigenvalue weighted by Crippen LogP contribution is -2.39. The van der Waals surface area contributed by atoms with Gasteiger partial charge in [0.15, 0.2) is 11.3 Å². The van der Waals surface area contributed by atoms with Gasteiger partial charge >= 0.3 is 5.69 Å². The highest BCUT2D eigenvalue weighted by Gasteiger charge is 2.23. The molecule has 8 heteroatoms. The van der Waals surface area contributed by atoms with Crippen molar-refractivity contribution in [2.45, 2.75) is 25.9 Å². The summed E-state index contributed by atoms with van der Waals surface area (Å²) in [6, 6.07) is 5.97. The van der Waals surface area contributed by atoms with E-state index in [-0.39, 0.29) is 11.2 Å². The molecule has 0 saturated heterocycles. The highest BCUT2D eigenvalue weighted by Crippen LogP contribution is 2.35. The Bertz CT molecular complexity index is 1100. The second-order valence-electron chi connectivity index (χ2n) is 6.77. The molecule has 2 aromatic heterocycles. The van der Waals surface area contributed by atoms with E-state index in [1.54, 1.807) is 7.11 Å². The first-order valence-electron chi connectivity index (χ1n) is 9.01. The van der Waals surface area contributed by atoms with Crippen molar-refractivity contribution >= 4 is 11.0 Å². The number of para-hydroxylation sites is 1. The Morgan fingerprint density at radius 1 is 1.26 bits per heavy atom. The molecule has 0 atom stereocenters. The van der Waals surface area contributed by atoms with Gasteiger partial charge < -0.3 is 9.15 Å². The molecule has 1 aromatic carbocycles. The molecule has 1 aliphatic rings. The fraction of sp³-hybridized carbons (Fsp3) is 0.421. The number of fused-ring (bicyclic) bond motifs is 3. The number of hydrogen-bond acceptors (Lipinski definition) is 6. The highest BCUT2D eigenvalue weighted by atomic mass is 16.5.